The molecular formula is C14H15NO3. The van der Waals surface area contributed by atoms with Crippen LogP contribution < -0.4 is 5.32 Å². The van der Waals surface area contributed by atoms with Gasteiger partial charge in [0.1, 0.15) is 6.04 Å². The first-order chi connectivity index (χ1) is 8.74. The van der Waals surface area contributed by atoms with Crippen LogP contribution in [0.3, 0.4) is 0 Å². The first kappa shape index (κ1) is 12.5. The van der Waals surface area contributed by atoms with Crippen molar-refractivity contribution in [1.82, 2.24) is 5.32 Å². The van der Waals surface area contributed by atoms with Crippen LogP contribution in [0.5, 0.6) is 0 Å². The lowest BCUT2D eigenvalue weighted by molar-refractivity contribution is -0.139. The summed E-state index contributed by atoms with van der Waals surface area (Å²) in [6.07, 6.45) is 0. The normalized spacial score (nSPS) is 12.5. The van der Waals surface area contributed by atoms with Crippen LogP contribution in [0.15, 0.2) is 42.5 Å². The largest absolute Gasteiger partial charge is 0.480 e. The van der Waals surface area contributed by atoms with Crippen molar-refractivity contribution >= 4 is 5.97 Å². The number of aliphatic hydroxyl groups excluding tert-OH is 1. The van der Waals surface area contributed by atoms with Crippen LogP contribution in [0.1, 0.15) is 11.6 Å². The third-order valence-corrected chi connectivity index (χ3v) is 2.84. The molecule has 3 N–H and O–H groups in total. The van der Waals surface area contributed by atoms with E-state index in [1.54, 1.807) is 0 Å². The molecule has 4 heteroatoms. The smallest absolute Gasteiger partial charge is 0.325 e. The van der Waals surface area contributed by atoms with E-state index in [2.05, 4.69) is 5.32 Å². The van der Waals surface area contributed by atoms with E-state index in [1.165, 1.54) is 0 Å². The topological polar surface area (TPSA) is 69.6 Å². The predicted octanol–water partition coefficient (Wildman–Crippen LogP) is 1.50. The standard InChI is InChI=1S/C14H15NO3/c16-9-8-15-13(14(17)18)12-7-6-10-4-2-1-3-5-11(10)12/h1-7,13,15-16H,8-9H2,(H,17,18). The van der Waals surface area contributed by atoms with Gasteiger partial charge in [0.25, 0.3) is 0 Å². The summed E-state index contributed by atoms with van der Waals surface area (Å²) in [4.78, 5) is 11.3. The van der Waals surface area contributed by atoms with Crippen LogP contribution in [-0.2, 0) is 4.79 Å². The van der Waals surface area contributed by atoms with Crippen LogP contribution in [0.25, 0.3) is 11.1 Å². The molecule has 0 saturated heterocycles. The molecule has 0 amide bonds. The molecule has 4 nitrogen and oxygen atoms in total. The molecule has 0 saturated carbocycles. The molecule has 94 valence electrons. The van der Waals surface area contributed by atoms with Gasteiger partial charge in [0.05, 0.1) is 6.61 Å². The number of carboxylic acids is 1. The maximum absolute atomic E-state index is 11.3. The summed E-state index contributed by atoms with van der Waals surface area (Å²) >= 11 is 0. The van der Waals surface area contributed by atoms with Gasteiger partial charge in [0.2, 0.25) is 0 Å². The molecular weight excluding hydrogens is 230 g/mol. The molecule has 0 radical (unpaired) electrons. The maximum Gasteiger partial charge on any atom is 0.325 e. The highest BCUT2D eigenvalue weighted by atomic mass is 16.4. The summed E-state index contributed by atoms with van der Waals surface area (Å²) in [6, 6.07) is 12.5. The van der Waals surface area contributed by atoms with Crippen molar-refractivity contribution < 1.29 is 15.0 Å². The lowest BCUT2D eigenvalue weighted by Crippen LogP contribution is -2.30. The van der Waals surface area contributed by atoms with E-state index >= 15 is 0 Å². The Morgan fingerprint density at radius 1 is 1.17 bits per heavy atom. The molecule has 0 spiro atoms. The molecule has 0 heterocycles. The molecule has 1 unspecified atom stereocenters. The number of rotatable bonds is 5. The number of aliphatic hydroxyl groups is 1. The SMILES string of the molecule is O=C(O)C(NCCO)c1ccc2cccccc1-2. The van der Waals surface area contributed by atoms with Gasteiger partial charge in [0.15, 0.2) is 0 Å². The zero-order valence-corrected chi connectivity index (χ0v) is 9.84. The van der Waals surface area contributed by atoms with E-state index in [1.807, 2.05) is 42.5 Å². The lowest BCUT2D eigenvalue weighted by atomic mass is 10.0. The molecule has 2 aliphatic rings. The van der Waals surface area contributed by atoms with Gasteiger partial charge in [-0.25, -0.2) is 0 Å². The van der Waals surface area contributed by atoms with Crippen molar-refractivity contribution in [2.24, 2.45) is 0 Å². The molecule has 0 aromatic heterocycles. The second kappa shape index (κ2) is 5.62. The number of hydrogen-bond donors (Lipinski definition) is 3. The first-order valence-electron chi connectivity index (χ1n) is 5.78. The van der Waals surface area contributed by atoms with Gasteiger partial charge in [-0.2, -0.15) is 0 Å². The predicted molar refractivity (Wildman–Crippen MR) is 68.5 cm³/mol. The van der Waals surface area contributed by atoms with Crippen LogP contribution in [0.2, 0.25) is 0 Å². The zero-order chi connectivity index (χ0) is 13.0. The second-order valence-corrected chi connectivity index (χ2v) is 4.02. The molecule has 0 aromatic rings. The first-order valence-corrected chi connectivity index (χ1v) is 5.78. The van der Waals surface area contributed by atoms with Gasteiger partial charge in [-0.1, -0.05) is 42.5 Å². The van der Waals surface area contributed by atoms with Crippen LogP contribution in [0.4, 0.5) is 0 Å². The van der Waals surface area contributed by atoms with Crippen molar-refractivity contribution in [3.05, 3.63) is 48.0 Å². The maximum atomic E-state index is 11.3. The van der Waals surface area contributed by atoms with E-state index in [0.29, 0.717) is 0 Å². The number of aliphatic carboxylic acids is 1. The average Bonchev–Trinajstić information content (AvgIpc) is 2.60. The Kier molecular flexibility index (Phi) is 3.92. The zero-order valence-electron chi connectivity index (χ0n) is 9.84. The number of fused-ring (bicyclic) bond motifs is 1. The minimum atomic E-state index is -0.942. The fourth-order valence-electron chi connectivity index (χ4n) is 2.03. The Labute approximate surface area is 105 Å². The van der Waals surface area contributed by atoms with Crippen molar-refractivity contribution in [2.75, 3.05) is 13.2 Å². The fourth-order valence-corrected chi connectivity index (χ4v) is 2.03. The summed E-state index contributed by atoms with van der Waals surface area (Å²) in [6.45, 7) is 0.165. The molecule has 0 aliphatic heterocycles. The molecule has 2 rings (SSSR count). The highest BCUT2D eigenvalue weighted by Crippen LogP contribution is 2.31. The summed E-state index contributed by atoms with van der Waals surface area (Å²) in [5.41, 5.74) is 2.65. The quantitative estimate of drug-likeness (QED) is 0.746. The van der Waals surface area contributed by atoms with E-state index in [4.69, 9.17) is 5.11 Å². The summed E-state index contributed by atoms with van der Waals surface area (Å²) in [7, 11) is 0. The van der Waals surface area contributed by atoms with Crippen molar-refractivity contribution in [3.63, 3.8) is 0 Å². The van der Waals surface area contributed by atoms with Gasteiger partial charge in [-0.3, -0.25) is 10.1 Å². The minimum absolute atomic E-state index is 0.0871. The Morgan fingerprint density at radius 2 is 1.94 bits per heavy atom. The van der Waals surface area contributed by atoms with Crippen molar-refractivity contribution in [2.45, 2.75) is 6.04 Å². The number of hydrogen-bond acceptors (Lipinski definition) is 3. The Hall–Kier alpha value is -1.91. The minimum Gasteiger partial charge on any atom is -0.480 e. The van der Waals surface area contributed by atoms with Gasteiger partial charge in [0, 0.05) is 6.54 Å². The van der Waals surface area contributed by atoms with Crippen molar-refractivity contribution in [3.8, 4) is 11.1 Å². The molecule has 2 aliphatic carbocycles. The second-order valence-electron chi connectivity index (χ2n) is 4.02. The Bertz CT molecular complexity index is 512. The van der Waals surface area contributed by atoms with Gasteiger partial charge in [-0.15, -0.1) is 0 Å². The summed E-state index contributed by atoms with van der Waals surface area (Å²) in [5.74, 6) is -0.942. The van der Waals surface area contributed by atoms with Gasteiger partial charge >= 0.3 is 5.97 Å². The van der Waals surface area contributed by atoms with Crippen LogP contribution in [0, 0.1) is 0 Å². The monoisotopic (exact) mass is 245 g/mol. The highest BCUT2D eigenvalue weighted by Gasteiger charge is 2.23. The Balaban J connectivity index is 2.38. The fraction of sp³-hybridized carbons (Fsp3) is 0.214. The lowest BCUT2D eigenvalue weighted by Gasteiger charge is -2.14. The van der Waals surface area contributed by atoms with Crippen LogP contribution >= 0.6 is 0 Å². The van der Waals surface area contributed by atoms with E-state index in [-0.39, 0.29) is 13.2 Å². The van der Waals surface area contributed by atoms with E-state index < -0.39 is 12.0 Å². The molecule has 1 atom stereocenters. The molecule has 0 bridgehead atoms. The third kappa shape index (κ3) is 2.50. The van der Waals surface area contributed by atoms with E-state index in [0.717, 1.165) is 16.7 Å². The molecule has 18 heavy (non-hydrogen) atoms. The highest BCUT2D eigenvalue weighted by molar-refractivity contribution is 5.82. The van der Waals surface area contributed by atoms with Crippen molar-refractivity contribution in [1.29, 1.82) is 0 Å². The third-order valence-electron chi connectivity index (χ3n) is 2.84. The molecule has 0 fully saturated rings. The molecule has 0 aromatic carbocycles. The van der Waals surface area contributed by atoms with Gasteiger partial charge < -0.3 is 10.2 Å². The average molecular weight is 245 g/mol. The number of carboxylic acid groups (broad SMARTS) is 1. The summed E-state index contributed by atoms with van der Waals surface area (Å²) < 4.78 is 0. The van der Waals surface area contributed by atoms with E-state index in [9.17, 15) is 9.90 Å². The summed E-state index contributed by atoms with van der Waals surface area (Å²) in [5, 5.41) is 20.9. The van der Waals surface area contributed by atoms with Gasteiger partial charge in [-0.05, 0) is 16.7 Å². The Morgan fingerprint density at radius 3 is 2.67 bits per heavy atom. The number of nitrogens with one attached hydrogen (secondary N) is 1. The number of carbonyl (C=O) groups is 1. The van der Waals surface area contributed by atoms with Crippen LogP contribution in [-0.4, -0.2) is 29.3 Å².